The molecule has 1 radical (unpaired) electrons. The van der Waals surface area contributed by atoms with Crippen LogP contribution in [0.2, 0.25) is 17.3 Å². The fourth-order valence-electron chi connectivity index (χ4n) is 7.80. The molecular weight excluding hydrogens is 897 g/mol. The molecule has 7 aromatic rings. The number of fused-ring (bicyclic) bond motifs is 3. The van der Waals surface area contributed by atoms with Crippen LogP contribution in [0.3, 0.4) is 0 Å². The Morgan fingerprint density at radius 2 is 1.57 bits per heavy atom. The fraction of sp³-hybridized carbons (Fsp3) is 0.306. The van der Waals surface area contributed by atoms with Gasteiger partial charge in [0.05, 0.1) is 5.58 Å². The van der Waals surface area contributed by atoms with Gasteiger partial charge in [0.1, 0.15) is 5.58 Å². The molecule has 1 aliphatic rings. The minimum Gasteiger partial charge on any atom is 0 e. The van der Waals surface area contributed by atoms with Gasteiger partial charge in [0, 0.05) is 31.7 Å². The SMILES string of the molecule is Cc1c[c-]c(-c2cc(C(C)C(C)C)ccn2)c2oc3cc(-c4ccccc4)ccc3c12.[CH3][Ge]([CH3])([CH3])[c]1cnc(-c2[c-]cccc2)cc1CC1CCCC1.[Ir]. The van der Waals surface area contributed by atoms with Gasteiger partial charge in [0.15, 0.2) is 0 Å². The molecule has 1 fully saturated rings. The number of aromatic nitrogens is 2. The maximum Gasteiger partial charge on any atom is 0 e. The van der Waals surface area contributed by atoms with Gasteiger partial charge in [-0.15, -0.1) is 17.7 Å². The average Bonchev–Trinajstić information content (AvgIpc) is 3.83. The second kappa shape index (κ2) is 17.3. The summed E-state index contributed by atoms with van der Waals surface area (Å²) in [6.45, 7) is 8.90. The quantitative estimate of drug-likeness (QED) is 0.113. The molecule has 3 heterocycles. The van der Waals surface area contributed by atoms with Crippen molar-refractivity contribution in [3.63, 3.8) is 0 Å². The molecule has 1 saturated carbocycles. The first-order valence-electron chi connectivity index (χ1n) is 19.4. The van der Waals surface area contributed by atoms with Crippen molar-refractivity contribution in [1.29, 1.82) is 0 Å². The van der Waals surface area contributed by atoms with Crippen molar-refractivity contribution in [3.05, 3.63) is 138 Å². The molecule has 4 aromatic carbocycles. The Hall–Kier alpha value is -3.83. The zero-order valence-corrected chi connectivity index (χ0v) is 37.3. The van der Waals surface area contributed by atoms with E-state index < -0.39 is 13.3 Å². The molecule has 3 nitrogen and oxygen atoms in total. The number of hydrogen-bond donors (Lipinski definition) is 0. The van der Waals surface area contributed by atoms with Crippen LogP contribution in [0.25, 0.3) is 55.6 Å². The van der Waals surface area contributed by atoms with Crippen LogP contribution < -0.4 is 4.40 Å². The van der Waals surface area contributed by atoms with E-state index in [2.05, 4.69) is 147 Å². The molecule has 1 unspecified atom stereocenters. The van der Waals surface area contributed by atoms with Crippen molar-refractivity contribution in [2.75, 3.05) is 0 Å². The fourth-order valence-corrected chi connectivity index (χ4v) is 11.1. The maximum atomic E-state index is 6.46. The van der Waals surface area contributed by atoms with Crippen LogP contribution in [0.5, 0.6) is 0 Å². The number of rotatable bonds is 8. The second-order valence-corrected chi connectivity index (χ2v) is 26.9. The number of aryl methyl sites for hydroxylation is 1. The molecule has 0 aliphatic heterocycles. The first-order chi connectivity index (χ1) is 25.6. The third-order valence-electron chi connectivity index (χ3n) is 11.2. The monoisotopic (exact) mass is 951 g/mol. The molecule has 8 rings (SSSR count). The van der Waals surface area contributed by atoms with Gasteiger partial charge in [-0.2, -0.15) is 0 Å². The summed E-state index contributed by atoms with van der Waals surface area (Å²) in [7, 11) is 0. The summed E-state index contributed by atoms with van der Waals surface area (Å²) in [6, 6.07) is 40.5. The normalized spacial score (nSPS) is 13.9. The van der Waals surface area contributed by atoms with E-state index in [4.69, 9.17) is 9.40 Å². The van der Waals surface area contributed by atoms with Crippen molar-refractivity contribution in [1.82, 2.24) is 9.97 Å². The summed E-state index contributed by atoms with van der Waals surface area (Å²) in [6.07, 6.45) is 11.0. The summed E-state index contributed by atoms with van der Waals surface area (Å²) in [5, 5.41) is 2.28. The zero-order chi connectivity index (χ0) is 37.1. The van der Waals surface area contributed by atoms with Gasteiger partial charge in [0.2, 0.25) is 0 Å². The predicted octanol–water partition coefficient (Wildman–Crippen LogP) is 13.0. The second-order valence-electron chi connectivity index (χ2n) is 16.3. The van der Waals surface area contributed by atoms with Gasteiger partial charge in [-0.05, 0) is 40.8 Å². The third kappa shape index (κ3) is 8.83. The summed E-state index contributed by atoms with van der Waals surface area (Å²) >= 11 is -1.87. The van der Waals surface area contributed by atoms with Crippen molar-refractivity contribution in [3.8, 4) is 33.6 Å². The number of nitrogens with zero attached hydrogens (tertiary/aromatic N) is 2. The van der Waals surface area contributed by atoms with Gasteiger partial charge in [0.25, 0.3) is 0 Å². The van der Waals surface area contributed by atoms with Crippen LogP contribution in [0, 0.1) is 30.9 Å². The van der Waals surface area contributed by atoms with E-state index in [0.717, 1.165) is 61.5 Å². The van der Waals surface area contributed by atoms with E-state index in [1.54, 1.807) is 9.96 Å². The van der Waals surface area contributed by atoms with Crippen LogP contribution in [0.15, 0.2) is 114 Å². The van der Waals surface area contributed by atoms with Crippen LogP contribution in [-0.2, 0) is 26.5 Å². The maximum absolute atomic E-state index is 6.46. The van der Waals surface area contributed by atoms with E-state index in [0.29, 0.717) is 11.8 Å². The van der Waals surface area contributed by atoms with Gasteiger partial charge in [-0.3, -0.25) is 0 Å². The Morgan fingerprint density at radius 1 is 0.815 bits per heavy atom. The topological polar surface area (TPSA) is 38.9 Å². The average molecular weight is 950 g/mol. The smallest absolute Gasteiger partial charge is 0 e. The number of pyridine rings is 2. The Balaban J connectivity index is 0.000000191. The molecule has 279 valence electrons. The third-order valence-corrected chi connectivity index (χ3v) is 15.5. The van der Waals surface area contributed by atoms with E-state index in [1.807, 2.05) is 24.4 Å². The Morgan fingerprint density at radius 3 is 2.28 bits per heavy atom. The van der Waals surface area contributed by atoms with E-state index >= 15 is 0 Å². The molecular formula is C49H52GeIrN2O-2. The molecule has 0 saturated heterocycles. The van der Waals surface area contributed by atoms with Gasteiger partial charge in [-0.25, -0.2) is 0 Å². The van der Waals surface area contributed by atoms with E-state index in [9.17, 15) is 0 Å². The summed E-state index contributed by atoms with van der Waals surface area (Å²) < 4.78 is 8.05. The Bertz CT molecular complexity index is 2320. The number of benzene rings is 4. The van der Waals surface area contributed by atoms with E-state index in [1.165, 1.54) is 43.2 Å². The number of hydrogen-bond acceptors (Lipinski definition) is 3. The first kappa shape index (κ1) is 39.9. The number of furan rings is 1. The standard InChI is InChI=1S/C29H26NO.C20H26GeN.Ir/c1-18(2)20(4)22-14-15-30-26(16-22)24-12-10-19(3)28-25-13-11-23(17-27(25)31-29(24)28)21-8-6-5-7-9-21;1-21(2,3)19-15-22-20(17-11-5-4-6-12-17)14-18(19)13-16-9-7-8-10-16;/h5-11,13-18,20H,1-4H3;4-6,11,14-16H,7-10,13H2,1-3H3;/q2*-1;. The first-order valence-corrected chi connectivity index (χ1v) is 26.8. The minimum absolute atomic E-state index is 0. The van der Waals surface area contributed by atoms with Crippen LogP contribution in [0.1, 0.15) is 69.1 Å². The van der Waals surface area contributed by atoms with E-state index in [-0.39, 0.29) is 20.1 Å². The van der Waals surface area contributed by atoms with Crippen molar-refractivity contribution in [2.24, 2.45) is 11.8 Å². The molecule has 0 amide bonds. The molecule has 0 N–H and O–H groups in total. The molecule has 3 aromatic heterocycles. The largest absolute Gasteiger partial charge is 0 e. The van der Waals surface area contributed by atoms with Crippen LogP contribution in [-0.4, -0.2) is 23.2 Å². The molecule has 5 heteroatoms. The Kier molecular flexibility index (Phi) is 12.8. The van der Waals surface area contributed by atoms with Gasteiger partial charge >= 0.3 is 137 Å². The molecule has 1 aliphatic carbocycles. The van der Waals surface area contributed by atoms with Gasteiger partial charge in [-0.1, -0.05) is 92.7 Å². The van der Waals surface area contributed by atoms with Crippen molar-refractivity contribution < 1.29 is 24.5 Å². The predicted molar refractivity (Wildman–Crippen MR) is 226 cm³/mol. The molecule has 54 heavy (non-hydrogen) atoms. The van der Waals surface area contributed by atoms with Crippen molar-refractivity contribution >= 4 is 39.6 Å². The van der Waals surface area contributed by atoms with Crippen LogP contribution in [0.4, 0.5) is 0 Å². The Labute approximate surface area is 338 Å². The van der Waals surface area contributed by atoms with Crippen molar-refractivity contribution in [2.45, 2.75) is 83.0 Å². The zero-order valence-electron chi connectivity index (χ0n) is 32.8. The minimum atomic E-state index is -1.87. The molecule has 0 bridgehead atoms. The molecule has 0 spiro atoms. The summed E-state index contributed by atoms with van der Waals surface area (Å²) in [5.74, 6) is 9.35. The van der Waals surface area contributed by atoms with Gasteiger partial charge < -0.3 is 9.40 Å². The van der Waals surface area contributed by atoms with Crippen LogP contribution >= 0.6 is 0 Å². The summed E-state index contributed by atoms with van der Waals surface area (Å²) in [4.78, 5) is 9.44. The molecule has 1 atom stereocenters. The summed E-state index contributed by atoms with van der Waals surface area (Å²) in [5.41, 5.74) is 12.2.